The molecule has 3 N–H and O–H groups in total. The first-order valence-electron chi connectivity index (χ1n) is 28.3. The van der Waals surface area contributed by atoms with Gasteiger partial charge in [0.05, 0.1) is 39.9 Å². The van der Waals surface area contributed by atoms with Gasteiger partial charge >= 0.3 is 7.82 Å². The summed E-state index contributed by atoms with van der Waals surface area (Å²) in [6.45, 7) is 4.71. The SMILES string of the molecule is CC/C=C\C/C=C\C/C=C\C/C=C\C/C=C\CCCCCCCCCC(=O)NC(COP(=O)(O)OCC[N+](C)(C)C)C(O)/C=C/CCCCCCCCCCCCCCCCCCCCCCC. The molecule has 0 aliphatic heterocycles. The Balaban J connectivity index is 4.28. The fourth-order valence-electron chi connectivity index (χ4n) is 8.01. The van der Waals surface area contributed by atoms with Crippen LogP contribution in [0.15, 0.2) is 72.9 Å². The molecule has 68 heavy (non-hydrogen) atoms. The summed E-state index contributed by atoms with van der Waals surface area (Å²) in [7, 11) is 1.56. The van der Waals surface area contributed by atoms with Crippen LogP contribution in [0.1, 0.15) is 245 Å². The van der Waals surface area contributed by atoms with Crippen molar-refractivity contribution in [1.82, 2.24) is 5.32 Å². The van der Waals surface area contributed by atoms with Crippen LogP contribution in [0.3, 0.4) is 0 Å². The number of carbonyl (C=O) groups is 1. The highest BCUT2D eigenvalue weighted by Crippen LogP contribution is 2.43. The van der Waals surface area contributed by atoms with E-state index in [4.69, 9.17) is 9.05 Å². The Morgan fingerprint density at radius 3 is 1.29 bits per heavy atom. The summed E-state index contributed by atoms with van der Waals surface area (Å²) in [5, 5.41) is 13.9. The Kier molecular flexibility index (Phi) is 48.4. The first-order valence-corrected chi connectivity index (χ1v) is 29.8. The van der Waals surface area contributed by atoms with Gasteiger partial charge in [0.1, 0.15) is 13.2 Å². The number of amides is 1. The van der Waals surface area contributed by atoms with Crippen LogP contribution in [0.2, 0.25) is 0 Å². The zero-order chi connectivity index (χ0) is 49.9. The smallest absolute Gasteiger partial charge is 0.387 e. The Morgan fingerprint density at radius 1 is 0.515 bits per heavy atom. The molecule has 1 amide bonds. The van der Waals surface area contributed by atoms with E-state index in [1.54, 1.807) is 6.08 Å². The molecule has 0 heterocycles. The summed E-state index contributed by atoms with van der Waals surface area (Å²) in [5.74, 6) is -0.189. The number of aliphatic hydroxyl groups is 1. The number of likely N-dealkylation sites (N-methyl/N-ethyl adjacent to an activating group) is 1. The number of unbranched alkanes of at least 4 members (excludes halogenated alkanes) is 28. The second-order valence-electron chi connectivity index (χ2n) is 20.3. The predicted octanol–water partition coefficient (Wildman–Crippen LogP) is 17.1. The molecule has 0 saturated heterocycles. The van der Waals surface area contributed by atoms with Crippen LogP contribution in [-0.2, 0) is 18.4 Å². The van der Waals surface area contributed by atoms with Crippen LogP contribution in [0.5, 0.6) is 0 Å². The molecule has 0 saturated carbocycles. The topological polar surface area (TPSA) is 105 Å². The number of nitrogens with zero attached hydrogens (tertiary/aromatic N) is 1. The molecule has 0 rings (SSSR count). The predicted molar refractivity (Wildman–Crippen MR) is 295 cm³/mol. The first kappa shape index (κ1) is 65.9. The molecule has 0 spiro atoms. The molecule has 0 bridgehead atoms. The minimum atomic E-state index is -4.35. The van der Waals surface area contributed by atoms with Crippen molar-refractivity contribution in [3.8, 4) is 0 Å². The van der Waals surface area contributed by atoms with Gasteiger partial charge in [0.2, 0.25) is 5.91 Å². The highest BCUT2D eigenvalue weighted by atomic mass is 31.2. The maximum absolute atomic E-state index is 13.0. The minimum absolute atomic E-state index is 0.0561. The summed E-state index contributed by atoms with van der Waals surface area (Å²) in [6.07, 6.45) is 68.5. The largest absolute Gasteiger partial charge is 0.472 e. The van der Waals surface area contributed by atoms with Crippen molar-refractivity contribution < 1.29 is 32.9 Å². The van der Waals surface area contributed by atoms with Crippen LogP contribution in [0, 0.1) is 0 Å². The summed E-state index contributed by atoms with van der Waals surface area (Å²) < 4.78 is 23.7. The van der Waals surface area contributed by atoms with Gasteiger partial charge in [-0.3, -0.25) is 13.8 Å². The number of aliphatic hydroxyl groups excluding tert-OH is 1. The summed E-state index contributed by atoms with van der Waals surface area (Å²) in [5.41, 5.74) is 0. The monoisotopic (exact) mass is 974 g/mol. The van der Waals surface area contributed by atoms with Crippen molar-refractivity contribution in [3.63, 3.8) is 0 Å². The van der Waals surface area contributed by atoms with E-state index in [1.807, 2.05) is 27.2 Å². The molecule has 0 aromatic carbocycles. The van der Waals surface area contributed by atoms with Crippen molar-refractivity contribution in [2.24, 2.45) is 0 Å². The molecule has 3 atom stereocenters. The molecular weight excluding hydrogens is 864 g/mol. The van der Waals surface area contributed by atoms with Crippen LogP contribution in [-0.4, -0.2) is 73.4 Å². The quantitative estimate of drug-likeness (QED) is 0.0243. The Morgan fingerprint density at radius 2 is 0.882 bits per heavy atom. The Bertz CT molecular complexity index is 1330. The lowest BCUT2D eigenvalue weighted by atomic mass is 10.0. The fourth-order valence-corrected chi connectivity index (χ4v) is 8.75. The zero-order valence-electron chi connectivity index (χ0n) is 45.1. The number of quaternary nitrogens is 1. The Labute approximate surface area is 421 Å². The molecule has 0 aliphatic carbocycles. The van der Waals surface area contributed by atoms with Gasteiger partial charge in [-0.2, -0.15) is 0 Å². The van der Waals surface area contributed by atoms with Gasteiger partial charge in [0.25, 0.3) is 0 Å². The molecule has 0 radical (unpaired) electrons. The van der Waals surface area contributed by atoms with E-state index in [2.05, 4.69) is 79.9 Å². The van der Waals surface area contributed by atoms with E-state index in [0.29, 0.717) is 17.4 Å². The van der Waals surface area contributed by atoms with Crippen LogP contribution in [0.4, 0.5) is 0 Å². The highest BCUT2D eigenvalue weighted by molar-refractivity contribution is 7.47. The molecule has 396 valence electrons. The third-order valence-electron chi connectivity index (χ3n) is 12.4. The van der Waals surface area contributed by atoms with E-state index >= 15 is 0 Å². The molecule has 0 aliphatic rings. The second kappa shape index (κ2) is 49.9. The lowest BCUT2D eigenvalue weighted by Crippen LogP contribution is -2.45. The van der Waals surface area contributed by atoms with Crippen molar-refractivity contribution in [1.29, 1.82) is 0 Å². The van der Waals surface area contributed by atoms with Gasteiger partial charge < -0.3 is 19.8 Å². The summed E-state index contributed by atoms with van der Waals surface area (Å²) in [6, 6.07) is -0.857. The number of rotatable bonds is 51. The standard InChI is InChI=1S/C59H109N2O6P/c1-6-8-10-12-14-16-18-20-22-24-26-28-30-32-34-36-38-40-42-44-46-48-50-52-58(62)57(56-67-68(64,65)66-55-54-61(3,4)5)60-59(63)53-51-49-47-45-43-41-39-37-35-33-31-29-27-25-23-21-19-17-15-13-11-9-7-2/h9,11,15,17,21,23,27,29,33,35,50,52,57-58,62H,6-8,10,12-14,16,18-20,22,24-26,28,30-32,34,36-49,51,53-56H2,1-5H3,(H-,60,63,64,65)/p+1/b11-9-,17-15-,23-21-,29-27-,35-33-,52-50+. The number of nitrogens with one attached hydrogen (secondary N) is 1. The van der Waals surface area contributed by atoms with Crippen LogP contribution >= 0.6 is 7.82 Å². The average molecular weight is 975 g/mol. The van der Waals surface area contributed by atoms with E-state index in [1.165, 1.54) is 141 Å². The van der Waals surface area contributed by atoms with Crippen molar-refractivity contribution >= 4 is 13.7 Å². The molecular formula is C59H110N2O6P+. The van der Waals surface area contributed by atoms with Crippen LogP contribution in [0.25, 0.3) is 0 Å². The van der Waals surface area contributed by atoms with Gasteiger partial charge in [0.15, 0.2) is 0 Å². The van der Waals surface area contributed by atoms with E-state index in [9.17, 15) is 19.4 Å². The van der Waals surface area contributed by atoms with Gasteiger partial charge in [-0.1, -0.05) is 247 Å². The fraction of sp³-hybridized carbons (Fsp3) is 0.780. The Hall–Kier alpha value is -2.06. The summed E-state index contributed by atoms with van der Waals surface area (Å²) >= 11 is 0. The average Bonchev–Trinajstić information content (AvgIpc) is 3.30. The van der Waals surface area contributed by atoms with Crippen molar-refractivity contribution in [3.05, 3.63) is 72.9 Å². The van der Waals surface area contributed by atoms with Crippen molar-refractivity contribution in [2.45, 2.75) is 257 Å². The van der Waals surface area contributed by atoms with E-state index < -0.39 is 20.0 Å². The van der Waals surface area contributed by atoms with Gasteiger partial charge in [0, 0.05) is 6.42 Å². The minimum Gasteiger partial charge on any atom is -0.387 e. The molecule has 8 nitrogen and oxygen atoms in total. The molecule has 9 heteroatoms. The maximum atomic E-state index is 13.0. The molecule has 3 unspecified atom stereocenters. The number of hydrogen-bond acceptors (Lipinski definition) is 5. The third kappa shape index (κ3) is 51.8. The van der Waals surface area contributed by atoms with E-state index in [-0.39, 0.29) is 19.1 Å². The number of carbonyl (C=O) groups excluding carboxylic acids is 1. The lowest BCUT2D eigenvalue weighted by molar-refractivity contribution is -0.870. The first-order chi connectivity index (χ1) is 33.0. The second-order valence-corrected chi connectivity index (χ2v) is 21.7. The van der Waals surface area contributed by atoms with Gasteiger partial charge in [-0.15, -0.1) is 0 Å². The third-order valence-corrected chi connectivity index (χ3v) is 13.4. The molecule has 0 fully saturated rings. The molecule has 0 aromatic heterocycles. The lowest BCUT2D eigenvalue weighted by Gasteiger charge is -2.25. The zero-order valence-corrected chi connectivity index (χ0v) is 46.0. The number of hydrogen-bond donors (Lipinski definition) is 3. The van der Waals surface area contributed by atoms with Gasteiger partial charge in [-0.05, 0) is 64.2 Å². The normalized spacial score (nSPS) is 14.5. The highest BCUT2D eigenvalue weighted by Gasteiger charge is 2.27. The maximum Gasteiger partial charge on any atom is 0.472 e. The van der Waals surface area contributed by atoms with Gasteiger partial charge in [-0.25, -0.2) is 4.57 Å². The summed E-state index contributed by atoms with van der Waals surface area (Å²) in [4.78, 5) is 23.3. The number of allylic oxidation sites excluding steroid dienone is 11. The van der Waals surface area contributed by atoms with Crippen LogP contribution < -0.4 is 5.32 Å². The number of phosphoric ester groups is 1. The number of phosphoric acid groups is 1. The van der Waals surface area contributed by atoms with Crippen molar-refractivity contribution in [2.75, 3.05) is 40.9 Å². The van der Waals surface area contributed by atoms with E-state index in [0.717, 1.165) is 83.5 Å². The molecule has 0 aromatic rings.